The Morgan fingerprint density at radius 3 is 2.79 bits per heavy atom. The van der Waals surface area contributed by atoms with Crippen molar-refractivity contribution in [1.82, 2.24) is 15.5 Å². The van der Waals surface area contributed by atoms with Crippen LogP contribution >= 0.6 is 0 Å². The molecule has 0 fully saturated rings. The number of hydrogen-bond donors (Lipinski definition) is 2. The van der Waals surface area contributed by atoms with Crippen LogP contribution in [0, 0.1) is 5.92 Å². The van der Waals surface area contributed by atoms with E-state index in [9.17, 15) is 0 Å². The van der Waals surface area contributed by atoms with Crippen LogP contribution in [0.3, 0.4) is 0 Å². The van der Waals surface area contributed by atoms with Crippen molar-refractivity contribution < 1.29 is 4.42 Å². The Labute approximate surface area is 84.3 Å². The molecule has 0 radical (unpaired) electrons. The first-order chi connectivity index (χ1) is 6.72. The summed E-state index contributed by atoms with van der Waals surface area (Å²) in [7, 11) is 0. The van der Waals surface area contributed by atoms with E-state index in [2.05, 4.69) is 34.7 Å². The van der Waals surface area contributed by atoms with Gasteiger partial charge in [0.2, 0.25) is 5.89 Å². The highest BCUT2D eigenvalue weighted by Gasteiger charge is 2.03. The number of nitrogens with one attached hydrogen (secondary N) is 2. The zero-order chi connectivity index (χ0) is 10.4. The summed E-state index contributed by atoms with van der Waals surface area (Å²) in [6.45, 7) is 8.69. The van der Waals surface area contributed by atoms with Crippen molar-refractivity contribution in [3.63, 3.8) is 0 Å². The summed E-state index contributed by atoms with van der Waals surface area (Å²) >= 11 is 0. The highest BCUT2D eigenvalue weighted by Crippen LogP contribution is 2.04. The standard InChI is InChI=1S/C9H18N4O/c1-4-11-9-13-12-8(14-9)6-10-5-7(2)3/h7,10H,4-6H2,1-3H3,(H,11,13). The van der Waals surface area contributed by atoms with Crippen LogP contribution in [0.15, 0.2) is 4.42 Å². The van der Waals surface area contributed by atoms with Gasteiger partial charge in [-0.05, 0) is 19.4 Å². The molecule has 0 aliphatic carbocycles. The average molecular weight is 198 g/mol. The highest BCUT2D eigenvalue weighted by molar-refractivity contribution is 5.15. The van der Waals surface area contributed by atoms with Crippen LogP contribution < -0.4 is 10.6 Å². The molecule has 2 N–H and O–H groups in total. The lowest BCUT2D eigenvalue weighted by atomic mass is 10.2. The second-order valence-electron chi connectivity index (χ2n) is 3.56. The third kappa shape index (κ3) is 3.74. The summed E-state index contributed by atoms with van der Waals surface area (Å²) in [6.07, 6.45) is 0. The van der Waals surface area contributed by atoms with E-state index in [1.807, 2.05) is 6.92 Å². The molecular formula is C9H18N4O. The van der Waals surface area contributed by atoms with Crippen molar-refractivity contribution in [2.45, 2.75) is 27.3 Å². The topological polar surface area (TPSA) is 63.0 Å². The van der Waals surface area contributed by atoms with Crippen molar-refractivity contribution in [3.05, 3.63) is 5.89 Å². The summed E-state index contributed by atoms with van der Waals surface area (Å²) in [5.74, 6) is 1.26. The lowest BCUT2D eigenvalue weighted by Crippen LogP contribution is -2.19. The molecule has 1 heterocycles. The maximum Gasteiger partial charge on any atom is 0.315 e. The lowest BCUT2D eigenvalue weighted by Gasteiger charge is -2.03. The third-order valence-corrected chi connectivity index (χ3v) is 1.62. The van der Waals surface area contributed by atoms with E-state index in [4.69, 9.17) is 4.42 Å². The fourth-order valence-corrected chi connectivity index (χ4v) is 1.02. The van der Waals surface area contributed by atoms with Crippen LogP contribution in [0.25, 0.3) is 0 Å². The van der Waals surface area contributed by atoms with Gasteiger partial charge in [-0.1, -0.05) is 18.9 Å². The summed E-state index contributed by atoms with van der Waals surface area (Å²) < 4.78 is 5.31. The number of anilines is 1. The minimum Gasteiger partial charge on any atom is -0.407 e. The Bertz CT molecular complexity index is 259. The van der Waals surface area contributed by atoms with Crippen molar-refractivity contribution in [2.75, 3.05) is 18.4 Å². The lowest BCUT2D eigenvalue weighted by molar-refractivity contribution is 0.459. The van der Waals surface area contributed by atoms with E-state index in [1.54, 1.807) is 0 Å². The number of nitrogens with zero attached hydrogens (tertiary/aromatic N) is 2. The van der Waals surface area contributed by atoms with Crippen LogP contribution in [-0.4, -0.2) is 23.3 Å². The van der Waals surface area contributed by atoms with Gasteiger partial charge in [0, 0.05) is 6.54 Å². The molecule has 0 aliphatic heterocycles. The molecule has 80 valence electrons. The van der Waals surface area contributed by atoms with Crippen LogP contribution in [0.2, 0.25) is 0 Å². The Kier molecular flexibility index (Phi) is 4.39. The van der Waals surface area contributed by atoms with Gasteiger partial charge in [0.1, 0.15) is 0 Å². The Morgan fingerprint density at radius 1 is 1.36 bits per heavy atom. The maximum absolute atomic E-state index is 5.31. The minimum atomic E-state index is 0.494. The first-order valence-corrected chi connectivity index (χ1v) is 4.99. The van der Waals surface area contributed by atoms with E-state index in [1.165, 1.54) is 0 Å². The molecule has 0 unspecified atom stereocenters. The second kappa shape index (κ2) is 5.59. The van der Waals surface area contributed by atoms with E-state index in [0.29, 0.717) is 24.4 Å². The van der Waals surface area contributed by atoms with Gasteiger partial charge in [0.15, 0.2) is 0 Å². The van der Waals surface area contributed by atoms with Crippen molar-refractivity contribution >= 4 is 6.01 Å². The normalized spacial score (nSPS) is 10.9. The molecule has 0 bridgehead atoms. The quantitative estimate of drug-likeness (QED) is 0.720. The zero-order valence-corrected chi connectivity index (χ0v) is 9.00. The smallest absolute Gasteiger partial charge is 0.315 e. The van der Waals surface area contributed by atoms with Gasteiger partial charge in [0.25, 0.3) is 0 Å². The number of aromatic nitrogens is 2. The predicted octanol–water partition coefficient (Wildman–Crippen LogP) is 1.25. The molecule has 0 spiro atoms. The first kappa shape index (κ1) is 11.0. The molecule has 0 aromatic carbocycles. The summed E-state index contributed by atoms with van der Waals surface area (Å²) in [5.41, 5.74) is 0. The van der Waals surface area contributed by atoms with Crippen molar-refractivity contribution in [3.8, 4) is 0 Å². The van der Waals surface area contributed by atoms with Gasteiger partial charge in [-0.25, -0.2) is 0 Å². The number of rotatable bonds is 6. The fourth-order valence-electron chi connectivity index (χ4n) is 1.02. The summed E-state index contributed by atoms with van der Waals surface area (Å²) in [6, 6.07) is 0.494. The van der Waals surface area contributed by atoms with Crippen LogP contribution in [0.1, 0.15) is 26.7 Å². The maximum atomic E-state index is 5.31. The largest absolute Gasteiger partial charge is 0.407 e. The predicted molar refractivity (Wildman–Crippen MR) is 55.0 cm³/mol. The van der Waals surface area contributed by atoms with Gasteiger partial charge in [-0.15, -0.1) is 5.10 Å². The molecule has 0 aliphatic rings. The second-order valence-corrected chi connectivity index (χ2v) is 3.56. The SMILES string of the molecule is CCNc1nnc(CNCC(C)C)o1. The van der Waals surface area contributed by atoms with Gasteiger partial charge in [-0.3, -0.25) is 0 Å². The van der Waals surface area contributed by atoms with E-state index in [0.717, 1.165) is 13.1 Å². The summed E-state index contributed by atoms with van der Waals surface area (Å²) in [5, 5.41) is 13.9. The van der Waals surface area contributed by atoms with Crippen molar-refractivity contribution in [2.24, 2.45) is 5.92 Å². The molecule has 1 aromatic rings. The Balaban J connectivity index is 2.28. The molecule has 0 amide bonds. The van der Waals surface area contributed by atoms with E-state index in [-0.39, 0.29) is 0 Å². The fraction of sp³-hybridized carbons (Fsp3) is 0.778. The number of hydrogen-bond acceptors (Lipinski definition) is 5. The van der Waals surface area contributed by atoms with Crippen LogP contribution in [-0.2, 0) is 6.54 Å². The monoisotopic (exact) mass is 198 g/mol. The summed E-state index contributed by atoms with van der Waals surface area (Å²) in [4.78, 5) is 0. The molecule has 0 atom stereocenters. The van der Waals surface area contributed by atoms with E-state index >= 15 is 0 Å². The third-order valence-electron chi connectivity index (χ3n) is 1.62. The van der Waals surface area contributed by atoms with Gasteiger partial charge < -0.3 is 15.1 Å². The van der Waals surface area contributed by atoms with Crippen LogP contribution in [0.4, 0.5) is 6.01 Å². The minimum absolute atomic E-state index is 0.494. The van der Waals surface area contributed by atoms with Gasteiger partial charge in [0.05, 0.1) is 6.54 Å². The molecule has 1 rings (SSSR count). The van der Waals surface area contributed by atoms with Gasteiger partial charge in [-0.2, -0.15) is 0 Å². The highest BCUT2D eigenvalue weighted by atomic mass is 16.4. The van der Waals surface area contributed by atoms with Gasteiger partial charge >= 0.3 is 6.01 Å². The molecule has 1 aromatic heterocycles. The molecule has 5 nitrogen and oxygen atoms in total. The van der Waals surface area contributed by atoms with Crippen molar-refractivity contribution in [1.29, 1.82) is 0 Å². The van der Waals surface area contributed by atoms with Crippen LogP contribution in [0.5, 0.6) is 0 Å². The first-order valence-electron chi connectivity index (χ1n) is 4.99. The molecule has 0 saturated carbocycles. The molecular weight excluding hydrogens is 180 g/mol. The molecule has 5 heteroatoms. The zero-order valence-electron chi connectivity index (χ0n) is 9.00. The Hall–Kier alpha value is -1.10. The Morgan fingerprint density at radius 2 is 2.14 bits per heavy atom. The van der Waals surface area contributed by atoms with E-state index < -0.39 is 0 Å². The molecule has 0 saturated heterocycles. The molecule has 14 heavy (non-hydrogen) atoms. The average Bonchev–Trinajstić information content (AvgIpc) is 2.53.